The highest BCUT2D eigenvalue weighted by Gasteiger charge is 2.16. The monoisotopic (exact) mass is 293 g/mol. The number of sulfonamides is 1. The van der Waals surface area contributed by atoms with Gasteiger partial charge in [0.05, 0.1) is 11.5 Å². The predicted octanol–water partition coefficient (Wildman–Crippen LogP) is 1.11. The van der Waals surface area contributed by atoms with Crippen LogP contribution in [0.3, 0.4) is 0 Å². The summed E-state index contributed by atoms with van der Waals surface area (Å²) in [5.74, 6) is 0. The Hall–Kier alpha value is -0.430. The van der Waals surface area contributed by atoms with Gasteiger partial charge in [-0.3, -0.25) is 0 Å². The Bertz CT molecular complexity index is 415. The molecular formula is C9H12BrNO3S. The second-order valence-electron chi connectivity index (χ2n) is 3.16. The lowest BCUT2D eigenvalue weighted by Gasteiger charge is -2.11. The first-order chi connectivity index (χ1) is 6.95. The fraction of sp³-hybridized carbons (Fsp3) is 0.333. The van der Waals surface area contributed by atoms with Gasteiger partial charge in [0.1, 0.15) is 0 Å². The maximum absolute atomic E-state index is 11.7. The normalized spacial score (nSPS) is 13.8. The van der Waals surface area contributed by atoms with E-state index >= 15 is 0 Å². The van der Waals surface area contributed by atoms with Crippen molar-refractivity contribution in [2.24, 2.45) is 0 Å². The number of halogens is 1. The van der Waals surface area contributed by atoms with Crippen molar-refractivity contribution in [2.45, 2.75) is 17.9 Å². The molecule has 1 aromatic carbocycles. The fourth-order valence-electron chi connectivity index (χ4n) is 0.984. The van der Waals surface area contributed by atoms with Crippen LogP contribution in [-0.4, -0.2) is 26.2 Å². The molecule has 0 saturated heterocycles. The number of aliphatic hydroxyl groups excluding tert-OH is 1. The Kier molecular flexibility index (Phi) is 4.27. The lowest BCUT2D eigenvalue weighted by Crippen LogP contribution is -2.34. The van der Waals surface area contributed by atoms with Crippen LogP contribution in [0.1, 0.15) is 6.92 Å². The molecule has 0 aliphatic carbocycles. The molecular weight excluding hydrogens is 282 g/mol. The van der Waals surface area contributed by atoms with Crippen molar-refractivity contribution in [3.05, 3.63) is 28.7 Å². The Balaban J connectivity index is 2.91. The third-order valence-corrected chi connectivity index (χ3v) is 3.89. The van der Waals surface area contributed by atoms with E-state index in [-0.39, 0.29) is 11.5 Å². The van der Waals surface area contributed by atoms with Crippen molar-refractivity contribution < 1.29 is 13.5 Å². The Morgan fingerprint density at radius 1 is 1.40 bits per heavy atom. The number of hydrogen-bond acceptors (Lipinski definition) is 3. The molecule has 1 atom stereocenters. The summed E-state index contributed by atoms with van der Waals surface area (Å²) in [6.07, 6.45) is 0. The zero-order valence-corrected chi connectivity index (χ0v) is 10.5. The molecule has 15 heavy (non-hydrogen) atoms. The van der Waals surface area contributed by atoms with Crippen molar-refractivity contribution >= 4 is 26.0 Å². The Labute approximate surface area is 97.5 Å². The van der Waals surface area contributed by atoms with Crippen molar-refractivity contribution in [3.63, 3.8) is 0 Å². The third-order valence-electron chi connectivity index (χ3n) is 1.75. The van der Waals surface area contributed by atoms with Crippen molar-refractivity contribution in [1.82, 2.24) is 4.72 Å². The van der Waals surface area contributed by atoms with Gasteiger partial charge in [-0.25, -0.2) is 13.1 Å². The second-order valence-corrected chi connectivity index (χ2v) is 5.79. The molecule has 0 spiro atoms. The fourth-order valence-corrected chi connectivity index (χ4v) is 2.48. The molecule has 2 N–H and O–H groups in total. The van der Waals surface area contributed by atoms with Crippen LogP contribution in [0.4, 0.5) is 0 Å². The van der Waals surface area contributed by atoms with Crippen LogP contribution in [0, 0.1) is 0 Å². The molecule has 0 amide bonds. The zero-order chi connectivity index (χ0) is 11.5. The van der Waals surface area contributed by atoms with Crippen LogP contribution in [-0.2, 0) is 10.0 Å². The molecule has 1 unspecified atom stereocenters. The first-order valence-corrected chi connectivity index (χ1v) is 6.62. The highest BCUT2D eigenvalue weighted by molar-refractivity contribution is 9.10. The minimum absolute atomic E-state index is 0.186. The van der Waals surface area contributed by atoms with Gasteiger partial charge in [-0.15, -0.1) is 0 Å². The van der Waals surface area contributed by atoms with Gasteiger partial charge in [0, 0.05) is 10.5 Å². The Morgan fingerprint density at radius 2 is 1.93 bits per heavy atom. The minimum Gasteiger partial charge on any atom is -0.395 e. The topological polar surface area (TPSA) is 66.4 Å². The summed E-state index contributed by atoms with van der Waals surface area (Å²) in [4.78, 5) is 0.186. The lowest BCUT2D eigenvalue weighted by atomic mass is 10.4. The molecule has 0 fully saturated rings. The molecule has 0 aliphatic heterocycles. The van der Waals surface area contributed by atoms with Crippen molar-refractivity contribution in [2.75, 3.05) is 6.61 Å². The first-order valence-electron chi connectivity index (χ1n) is 4.34. The van der Waals surface area contributed by atoms with E-state index in [9.17, 15) is 8.42 Å². The molecule has 0 aliphatic rings. The molecule has 1 rings (SSSR count). The summed E-state index contributed by atoms with van der Waals surface area (Å²) in [5, 5.41) is 8.75. The van der Waals surface area contributed by atoms with Gasteiger partial charge in [-0.05, 0) is 31.2 Å². The maximum Gasteiger partial charge on any atom is 0.240 e. The largest absolute Gasteiger partial charge is 0.395 e. The van der Waals surface area contributed by atoms with Crippen LogP contribution in [0.2, 0.25) is 0 Å². The third kappa shape index (κ3) is 3.57. The Morgan fingerprint density at radius 3 is 2.40 bits per heavy atom. The number of nitrogens with one attached hydrogen (secondary N) is 1. The molecule has 6 heteroatoms. The summed E-state index contributed by atoms with van der Waals surface area (Å²) in [6, 6.07) is 5.81. The SMILES string of the molecule is CC(CO)NS(=O)(=O)c1ccc(Br)cc1. The van der Waals surface area contributed by atoms with Gasteiger partial charge >= 0.3 is 0 Å². The van der Waals surface area contributed by atoms with Crippen molar-refractivity contribution in [1.29, 1.82) is 0 Å². The maximum atomic E-state index is 11.7. The summed E-state index contributed by atoms with van der Waals surface area (Å²) < 4.78 is 26.5. The molecule has 4 nitrogen and oxygen atoms in total. The predicted molar refractivity (Wildman–Crippen MR) is 61.0 cm³/mol. The summed E-state index contributed by atoms with van der Waals surface area (Å²) >= 11 is 3.22. The van der Waals surface area contributed by atoms with Gasteiger partial charge in [0.2, 0.25) is 10.0 Å². The quantitative estimate of drug-likeness (QED) is 0.874. The van der Waals surface area contributed by atoms with Gasteiger partial charge in [-0.1, -0.05) is 15.9 Å². The minimum atomic E-state index is -3.52. The van der Waals surface area contributed by atoms with Crippen LogP contribution >= 0.6 is 15.9 Å². The zero-order valence-electron chi connectivity index (χ0n) is 8.14. The average molecular weight is 294 g/mol. The second kappa shape index (κ2) is 5.07. The van der Waals surface area contributed by atoms with E-state index in [2.05, 4.69) is 20.7 Å². The van der Waals surface area contributed by atoms with E-state index in [1.165, 1.54) is 12.1 Å². The summed E-state index contributed by atoms with van der Waals surface area (Å²) in [5.41, 5.74) is 0. The number of aliphatic hydroxyl groups is 1. The molecule has 0 radical (unpaired) electrons. The average Bonchev–Trinajstić information content (AvgIpc) is 2.17. The standard InChI is InChI=1S/C9H12BrNO3S/c1-7(6-12)11-15(13,14)9-4-2-8(10)3-5-9/h2-5,7,11-12H,6H2,1H3. The molecule has 0 bridgehead atoms. The van der Waals surface area contributed by atoms with E-state index in [1.807, 2.05) is 0 Å². The lowest BCUT2D eigenvalue weighted by molar-refractivity contribution is 0.265. The molecule has 0 saturated carbocycles. The van der Waals surface area contributed by atoms with Gasteiger partial charge < -0.3 is 5.11 Å². The molecule has 0 aromatic heterocycles. The molecule has 84 valence electrons. The van der Waals surface area contributed by atoms with Crippen LogP contribution in [0.15, 0.2) is 33.6 Å². The van der Waals surface area contributed by atoms with Gasteiger partial charge in [0.15, 0.2) is 0 Å². The van der Waals surface area contributed by atoms with E-state index in [4.69, 9.17) is 5.11 Å². The van der Waals surface area contributed by atoms with Crippen molar-refractivity contribution in [3.8, 4) is 0 Å². The van der Waals surface area contributed by atoms with Gasteiger partial charge in [0.25, 0.3) is 0 Å². The highest BCUT2D eigenvalue weighted by Crippen LogP contribution is 2.14. The highest BCUT2D eigenvalue weighted by atomic mass is 79.9. The first kappa shape index (κ1) is 12.6. The van der Waals surface area contributed by atoms with Crippen LogP contribution in [0.25, 0.3) is 0 Å². The van der Waals surface area contributed by atoms with Crippen LogP contribution in [0.5, 0.6) is 0 Å². The van der Waals surface area contributed by atoms with Crippen LogP contribution < -0.4 is 4.72 Å². The summed E-state index contributed by atoms with van der Waals surface area (Å²) in [6.45, 7) is 1.37. The summed E-state index contributed by atoms with van der Waals surface area (Å²) in [7, 11) is -3.52. The van der Waals surface area contributed by atoms with E-state index in [0.717, 1.165) is 4.47 Å². The smallest absolute Gasteiger partial charge is 0.240 e. The number of rotatable bonds is 4. The molecule has 1 aromatic rings. The molecule has 0 heterocycles. The van der Waals surface area contributed by atoms with E-state index in [0.29, 0.717) is 0 Å². The number of hydrogen-bond donors (Lipinski definition) is 2. The van der Waals surface area contributed by atoms with Gasteiger partial charge in [-0.2, -0.15) is 0 Å². The number of benzene rings is 1. The van der Waals surface area contributed by atoms with E-state index in [1.54, 1.807) is 19.1 Å². The van der Waals surface area contributed by atoms with E-state index < -0.39 is 16.1 Å².